The van der Waals surface area contributed by atoms with Crippen molar-refractivity contribution in [2.75, 3.05) is 6.54 Å². The average molecular weight is 593 g/mol. The van der Waals surface area contributed by atoms with Crippen LogP contribution < -0.4 is 10.6 Å². The number of aliphatic hydroxyl groups excluding tert-OH is 1. The minimum atomic E-state index is -4.69. The maximum absolute atomic E-state index is 14.7. The maximum atomic E-state index is 14.7. The molecule has 0 saturated carbocycles. The van der Waals surface area contributed by atoms with Crippen molar-refractivity contribution in [1.82, 2.24) is 10.6 Å². The Morgan fingerprint density at radius 2 is 1.44 bits per heavy atom. The normalized spacial score (nSPS) is 14.4. The van der Waals surface area contributed by atoms with Gasteiger partial charge in [0.05, 0.1) is 18.6 Å². The third-order valence-electron chi connectivity index (χ3n) is 6.07. The van der Waals surface area contributed by atoms with E-state index < -0.39 is 79.2 Å². The van der Waals surface area contributed by atoms with Gasteiger partial charge in [0.1, 0.15) is 11.6 Å². The number of aliphatic hydroxyl groups is 1. The minimum absolute atomic E-state index is 0.0390. The fourth-order valence-electron chi connectivity index (χ4n) is 4.32. The van der Waals surface area contributed by atoms with Crippen LogP contribution in [0.2, 0.25) is 0 Å². The number of urea groups is 1. The van der Waals surface area contributed by atoms with Crippen LogP contribution in [0.3, 0.4) is 0 Å². The summed E-state index contributed by atoms with van der Waals surface area (Å²) in [7, 11) is 0. The van der Waals surface area contributed by atoms with E-state index in [0.717, 1.165) is 24.3 Å². The van der Waals surface area contributed by atoms with E-state index in [0.29, 0.717) is 11.6 Å². The summed E-state index contributed by atoms with van der Waals surface area (Å²) < 4.78 is 120. The van der Waals surface area contributed by atoms with Gasteiger partial charge in [0, 0.05) is 18.9 Å². The van der Waals surface area contributed by atoms with E-state index in [1.54, 1.807) is 30.3 Å². The third-order valence-corrected chi connectivity index (χ3v) is 6.07. The molecular formula is C28H25F9N2O2. The monoisotopic (exact) mass is 592 g/mol. The smallest absolute Gasteiger partial charge is 0.391 e. The molecule has 222 valence electrons. The van der Waals surface area contributed by atoms with E-state index in [1.165, 1.54) is 12.1 Å². The zero-order valence-electron chi connectivity index (χ0n) is 21.1. The van der Waals surface area contributed by atoms with Gasteiger partial charge in [-0.1, -0.05) is 48.5 Å². The Hall–Kier alpha value is -3.74. The van der Waals surface area contributed by atoms with E-state index in [-0.39, 0.29) is 11.1 Å². The highest BCUT2D eigenvalue weighted by Crippen LogP contribution is 2.39. The number of carbonyl (C=O) groups is 1. The van der Waals surface area contributed by atoms with Crippen molar-refractivity contribution < 1.29 is 49.4 Å². The van der Waals surface area contributed by atoms with Crippen molar-refractivity contribution >= 4 is 6.03 Å². The van der Waals surface area contributed by atoms with Gasteiger partial charge in [-0.15, -0.1) is 0 Å². The number of benzene rings is 3. The first-order chi connectivity index (χ1) is 19.1. The number of rotatable bonds is 11. The van der Waals surface area contributed by atoms with Crippen molar-refractivity contribution in [1.29, 1.82) is 0 Å². The van der Waals surface area contributed by atoms with Crippen LogP contribution in [-0.4, -0.2) is 42.3 Å². The number of hydrogen-bond acceptors (Lipinski definition) is 2. The molecule has 3 aromatic carbocycles. The van der Waals surface area contributed by atoms with E-state index in [9.17, 15) is 49.4 Å². The van der Waals surface area contributed by atoms with Crippen molar-refractivity contribution in [3.63, 3.8) is 0 Å². The summed E-state index contributed by atoms with van der Waals surface area (Å²) in [5.74, 6) is -7.28. The molecule has 1 unspecified atom stereocenters. The molecule has 2 amide bonds. The Bertz CT molecular complexity index is 1290. The van der Waals surface area contributed by atoms with E-state index >= 15 is 0 Å². The highest BCUT2D eigenvalue weighted by molar-refractivity contribution is 5.74. The van der Waals surface area contributed by atoms with Gasteiger partial charge < -0.3 is 15.7 Å². The predicted molar refractivity (Wildman–Crippen MR) is 132 cm³/mol. The molecule has 3 atom stereocenters. The van der Waals surface area contributed by atoms with Crippen molar-refractivity contribution in [2.24, 2.45) is 0 Å². The number of nitrogens with one attached hydrogen (secondary N) is 2. The molecule has 13 heteroatoms. The molecule has 0 aliphatic rings. The fraction of sp³-hybridized carbons (Fsp3) is 0.321. The minimum Gasteiger partial charge on any atom is -0.391 e. The van der Waals surface area contributed by atoms with E-state index in [1.807, 2.05) is 0 Å². The first kappa shape index (κ1) is 31.8. The fourth-order valence-corrected chi connectivity index (χ4v) is 4.32. The second-order valence-electron chi connectivity index (χ2n) is 9.38. The molecule has 0 bridgehead atoms. The number of amides is 2. The van der Waals surface area contributed by atoms with Crippen LogP contribution >= 0.6 is 0 Å². The number of alkyl halides is 7. The van der Waals surface area contributed by atoms with Crippen molar-refractivity contribution in [2.45, 2.75) is 49.4 Å². The molecule has 0 heterocycles. The number of halogens is 9. The summed E-state index contributed by atoms with van der Waals surface area (Å²) in [6.45, 7) is -0.777. The SMILES string of the molecule is O=C(NC[C@H](O)CC(F)(F)F)N[C@@H](c1ccccc1)C(c1ccc(F)cc1)c1cc(F)cc(CC(F)(F)C(F)F)c1. The van der Waals surface area contributed by atoms with Gasteiger partial charge in [-0.2, -0.15) is 22.0 Å². The molecule has 0 aliphatic heterocycles. The molecule has 41 heavy (non-hydrogen) atoms. The predicted octanol–water partition coefficient (Wildman–Crippen LogP) is 6.89. The molecule has 0 radical (unpaired) electrons. The first-order valence-corrected chi connectivity index (χ1v) is 12.2. The second kappa shape index (κ2) is 13.3. The molecule has 0 saturated heterocycles. The molecule has 0 aliphatic carbocycles. The molecule has 4 nitrogen and oxygen atoms in total. The zero-order valence-corrected chi connectivity index (χ0v) is 21.1. The van der Waals surface area contributed by atoms with Crippen LogP contribution in [0.1, 0.15) is 40.6 Å². The van der Waals surface area contributed by atoms with Crippen LogP contribution in [0.5, 0.6) is 0 Å². The Morgan fingerprint density at radius 1 is 0.805 bits per heavy atom. The molecule has 3 aromatic rings. The van der Waals surface area contributed by atoms with Crippen LogP contribution in [0.15, 0.2) is 72.8 Å². The van der Waals surface area contributed by atoms with Gasteiger partial charge in [0.2, 0.25) is 0 Å². The lowest BCUT2D eigenvalue weighted by molar-refractivity contribution is -0.152. The van der Waals surface area contributed by atoms with Gasteiger partial charge in [0.25, 0.3) is 0 Å². The van der Waals surface area contributed by atoms with Crippen LogP contribution in [0, 0.1) is 11.6 Å². The molecule has 0 fully saturated rings. The number of hydrogen-bond donors (Lipinski definition) is 3. The Kier molecular flexibility index (Phi) is 10.3. The van der Waals surface area contributed by atoms with Crippen LogP contribution in [-0.2, 0) is 6.42 Å². The van der Waals surface area contributed by atoms with Gasteiger partial charge >= 0.3 is 24.6 Å². The van der Waals surface area contributed by atoms with Crippen molar-refractivity contribution in [3.8, 4) is 0 Å². The number of carbonyl (C=O) groups excluding carboxylic acids is 1. The quantitative estimate of drug-likeness (QED) is 0.213. The summed E-state index contributed by atoms with van der Waals surface area (Å²) in [4.78, 5) is 12.8. The summed E-state index contributed by atoms with van der Waals surface area (Å²) in [5.41, 5.74) is 0.123. The zero-order chi connectivity index (χ0) is 30.4. The molecule has 3 rings (SSSR count). The Morgan fingerprint density at radius 3 is 2.02 bits per heavy atom. The molecule has 3 N–H and O–H groups in total. The second-order valence-corrected chi connectivity index (χ2v) is 9.38. The van der Waals surface area contributed by atoms with Crippen LogP contribution in [0.25, 0.3) is 0 Å². The standard InChI is InChI=1S/C28H25F9N2O2/c29-20-8-6-17(7-9-20)23(19-10-16(11-21(30)12-19)13-27(33,34)25(31)32)24(18-4-2-1-3-5-18)39-26(41)38-15-22(40)14-28(35,36)37/h1-12,22-25,40H,13-15H2,(H2,38,39,41)/t22-,23?,24+/m1/s1. The van der Waals surface area contributed by atoms with Gasteiger partial charge in [-0.3, -0.25) is 0 Å². The lowest BCUT2D eigenvalue weighted by Crippen LogP contribution is -2.43. The molecule has 0 aromatic heterocycles. The lowest BCUT2D eigenvalue weighted by atomic mass is 9.81. The van der Waals surface area contributed by atoms with Gasteiger partial charge in [0.15, 0.2) is 0 Å². The highest BCUT2D eigenvalue weighted by atomic mass is 19.4. The van der Waals surface area contributed by atoms with Crippen molar-refractivity contribution in [3.05, 3.63) is 107 Å². The summed E-state index contributed by atoms with van der Waals surface area (Å²) >= 11 is 0. The lowest BCUT2D eigenvalue weighted by Gasteiger charge is -2.30. The first-order valence-electron chi connectivity index (χ1n) is 12.2. The highest BCUT2D eigenvalue weighted by Gasteiger charge is 2.41. The Balaban J connectivity index is 2.05. The third kappa shape index (κ3) is 9.41. The molecule has 0 spiro atoms. The summed E-state index contributed by atoms with van der Waals surface area (Å²) in [6, 6.07) is 13.1. The summed E-state index contributed by atoms with van der Waals surface area (Å²) in [6.07, 6.45) is -13.7. The van der Waals surface area contributed by atoms with Gasteiger partial charge in [-0.25, -0.2) is 22.4 Å². The summed E-state index contributed by atoms with van der Waals surface area (Å²) in [5, 5.41) is 14.3. The topological polar surface area (TPSA) is 61.4 Å². The largest absolute Gasteiger partial charge is 0.391 e. The van der Waals surface area contributed by atoms with E-state index in [4.69, 9.17) is 0 Å². The maximum Gasteiger partial charge on any atom is 0.391 e. The average Bonchev–Trinajstić information content (AvgIpc) is 2.87. The van der Waals surface area contributed by atoms with E-state index in [2.05, 4.69) is 10.6 Å². The van der Waals surface area contributed by atoms with Crippen LogP contribution in [0.4, 0.5) is 44.3 Å². The Labute approximate surface area is 229 Å². The molecular weight excluding hydrogens is 567 g/mol. The van der Waals surface area contributed by atoms with Gasteiger partial charge in [-0.05, 0) is 46.5 Å².